The summed E-state index contributed by atoms with van der Waals surface area (Å²) in [6.45, 7) is 7.22. The molecule has 1 aliphatic rings. The molecular formula is C19H25N5O. The number of amides is 1. The molecule has 0 saturated carbocycles. The molecule has 1 saturated heterocycles. The van der Waals surface area contributed by atoms with Gasteiger partial charge in [0.05, 0.1) is 11.4 Å². The molecule has 132 valence electrons. The van der Waals surface area contributed by atoms with Crippen molar-refractivity contribution in [3.63, 3.8) is 0 Å². The fourth-order valence-corrected chi connectivity index (χ4v) is 3.16. The van der Waals surface area contributed by atoms with Gasteiger partial charge in [0.2, 0.25) is 5.91 Å². The zero-order valence-corrected chi connectivity index (χ0v) is 15.0. The Morgan fingerprint density at radius 1 is 1.12 bits per heavy atom. The summed E-state index contributed by atoms with van der Waals surface area (Å²) in [5.41, 5.74) is 3.03. The van der Waals surface area contributed by atoms with Crippen LogP contribution in [-0.2, 0) is 11.2 Å². The van der Waals surface area contributed by atoms with Crippen LogP contribution in [0.5, 0.6) is 0 Å². The highest BCUT2D eigenvalue weighted by molar-refractivity contribution is 5.76. The third kappa shape index (κ3) is 4.53. The Hall–Kier alpha value is -2.50. The van der Waals surface area contributed by atoms with Gasteiger partial charge in [0.25, 0.3) is 0 Å². The molecule has 0 bridgehead atoms. The molecule has 25 heavy (non-hydrogen) atoms. The molecule has 0 aliphatic carbocycles. The minimum atomic E-state index is 0.228. The molecule has 3 rings (SSSR count). The Labute approximate surface area is 148 Å². The molecule has 1 aliphatic heterocycles. The lowest BCUT2D eigenvalue weighted by Crippen LogP contribution is -2.35. The van der Waals surface area contributed by atoms with E-state index in [4.69, 9.17) is 0 Å². The Bertz CT molecular complexity index is 719. The topological polar surface area (TPSA) is 62.2 Å². The summed E-state index contributed by atoms with van der Waals surface area (Å²) in [4.78, 5) is 29.9. The van der Waals surface area contributed by atoms with Crippen molar-refractivity contribution in [2.24, 2.45) is 0 Å². The van der Waals surface area contributed by atoms with Crippen LogP contribution in [0.1, 0.15) is 29.8 Å². The van der Waals surface area contributed by atoms with Gasteiger partial charge >= 0.3 is 0 Å². The van der Waals surface area contributed by atoms with Gasteiger partial charge in [0.1, 0.15) is 5.82 Å². The first-order valence-electron chi connectivity index (χ1n) is 8.85. The van der Waals surface area contributed by atoms with E-state index < -0.39 is 0 Å². The lowest BCUT2D eigenvalue weighted by molar-refractivity contribution is -0.130. The maximum absolute atomic E-state index is 12.6. The maximum atomic E-state index is 12.6. The van der Waals surface area contributed by atoms with E-state index in [2.05, 4.69) is 19.9 Å². The Kier molecular flexibility index (Phi) is 5.58. The van der Waals surface area contributed by atoms with Crippen LogP contribution in [0.3, 0.4) is 0 Å². The third-order valence-electron chi connectivity index (χ3n) is 4.58. The summed E-state index contributed by atoms with van der Waals surface area (Å²) < 4.78 is 0. The molecule has 1 amide bonds. The summed E-state index contributed by atoms with van der Waals surface area (Å²) in [5, 5.41) is 0. The van der Waals surface area contributed by atoms with Crippen molar-refractivity contribution < 1.29 is 4.79 Å². The lowest BCUT2D eigenvalue weighted by atomic mass is 10.1. The summed E-state index contributed by atoms with van der Waals surface area (Å²) in [6.07, 6.45) is 7.61. The highest BCUT2D eigenvalue weighted by Crippen LogP contribution is 2.18. The zero-order valence-electron chi connectivity index (χ0n) is 15.0. The molecule has 0 unspecified atom stereocenters. The van der Waals surface area contributed by atoms with Crippen LogP contribution in [0.4, 0.5) is 5.82 Å². The Balaban J connectivity index is 1.57. The van der Waals surface area contributed by atoms with Gasteiger partial charge in [0.15, 0.2) is 0 Å². The third-order valence-corrected chi connectivity index (χ3v) is 4.58. The molecule has 2 aromatic rings. The van der Waals surface area contributed by atoms with Crippen molar-refractivity contribution in [1.29, 1.82) is 0 Å². The number of aromatic nitrogens is 3. The molecule has 0 aromatic carbocycles. The van der Waals surface area contributed by atoms with Crippen LogP contribution in [0, 0.1) is 13.8 Å². The second-order valence-corrected chi connectivity index (χ2v) is 6.50. The van der Waals surface area contributed by atoms with Crippen molar-refractivity contribution in [1.82, 2.24) is 19.9 Å². The fraction of sp³-hybridized carbons (Fsp3) is 0.474. The fourth-order valence-electron chi connectivity index (χ4n) is 3.16. The van der Waals surface area contributed by atoms with Gasteiger partial charge in [-0.3, -0.25) is 14.8 Å². The highest BCUT2D eigenvalue weighted by atomic mass is 16.2. The van der Waals surface area contributed by atoms with E-state index >= 15 is 0 Å². The van der Waals surface area contributed by atoms with Crippen LogP contribution in [-0.4, -0.2) is 51.9 Å². The molecule has 0 radical (unpaired) electrons. The minimum absolute atomic E-state index is 0.228. The summed E-state index contributed by atoms with van der Waals surface area (Å²) in [7, 11) is 0. The predicted molar refractivity (Wildman–Crippen MR) is 97.5 cm³/mol. The van der Waals surface area contributed by atoms with Gasteiger partial charge in [-0.15, -0.1) is 0 Å². The molecule has 6 heteroatoms. The van der Waals surface area contributed by atoms with Crippen LogP contribution < -0.4 is 4.90 Å². The minimum Gasteiger partial charge on any atom is -0.353 e. The van der Waals surface area contributed by atoms with Gasteiger partial charge in [0, 0.05) is 51.2 Å². The first kappa shape index (κ1) is 17.3. The molecule has 2 aromatic heterocycles. The maximum Gasteiger partial charge on any atom is 0.222 e. The first-order valence-corrected chi connectivity index (χ1v) is 8.85. The smallest absolute Gasteiger partial charge is 0.222 e. The number of hydrogen-bond donors (Lipinski definition) is 0. The summed E-state index contributed by atoms with van der Waals surface area (Å²) in [6, 6.07) is 3.94. The van der Waals surface area contributed by atoms with Gasteiger partial charge in [-0.1, -0.05) is 0 Å². The second kappa shape index (κ2) is 8.05. The quantitative estimate of drug-likeness (QED) is 0.854. The molecule has 6 nitrogen and oxygen atoms in total. The number of nitrogens with zero attached hydrogens (tertiary/aromatic N) is 5. The molecule has 0 N–H and O–H groups in total. The van der Waals surface area contributed by atoms with E-state index in [9.17, 15) is 4.79 Å². The largest absolute Gasteiger partial charge is 0.353 e. The van der Waals surface area contributed by atoms with Gasteiger partial charge < -0.3 is 9.80 Å². The van der Waals surface area contributed by atoms with E-state index in [1.54, 1.807) is 18.6 Å². The van der Waals surface area contributed by atoms with Gasteiger partial charge in [-0.05, 0) is 44.4 Å². The summed E-state index contributed by atoms with van der Waals surface area (Å²) in [5.74, 6) is 1.18. The monoisotopic (exact) mass is 339 g/mol. The Morgan fingerprint density at radius 3 is 2.72 bits per heavy atom. The number of carbonyl (C=O) groups is 1. The Morgan fingerprint density at radius 2 is 1.92 bits per heavy atom. The second-order valence-electron chi connectivity index (χ2n) is 6.50. The molecule has 0 atom stereocenters. The number of carbonyl (C=O) groups excluding carboxylic acids is 1. The molecule has 0 spiro atoms. The van der Waals surface area contributed by atoms with Gasteiger partial charge in [-0.2, -0.15) is 0 Å². The van der Waals surface area contributed by atoms with Crippen molar-refractivity contribution in [2.75, 3.05) is 31.1 Å². The SMILES string of the molecule is Cc1cnc(C)c(N2CCCN(C(=O)CCc3ccncc3)CC2)n1. The van der Waals surface area contributed by atoms with Crippen LogP contribution in [0.15, 0.2) is 30.7 Å². The molecule has 3 heterocycles. The van der Waals surface area contributed by atoms with E-state index in [1.807, 2.05) is 30.9 Å². The van der Waals surface area contributed by atoms with Crippen LogP contribution in [0.25, 0.3) is 0 Å². The highest BCUT2D eigenvalue weighted by Gasteiger charge is 2.21. The number of aryl methyl sites for hydroxylation is 3. The van der Waals surface area contributed by atoms with Crippen molar-refractivity contribution in [3.8, 4) is 0 Å². The van der Waals surface area contributed by atoms with Crippen LogP contribution in [0.2, 0.25) is 0 Å². The normalized spacial score (nSPS) is 15.1. The predicted octanol–water partition coefficient (Wildman–Crippen LogP) is 2.16. The number of anilines is 1. The molecular weight excluding hydrogens is 314 g/mol. The average molecular weight is 339 g/mol. The summed E-state index contributed by atoms with van der Waals surface area (Å²) >= 11 is 0. The number of hydrogen-bond acceptors (Lipinski definition) is 5. The number of rotatable bonds is 4. The average Bonchev–Trinajstić information content (AvgIpc) is 2.89. The van der Waals surface area contributed by atoms with E-state index in [-0.39, 0.29) is 5.91 Å². The van der Waals surface area contributed by atoms with Crippen molar-refractivity contribution in [3.05, 3.63) is 47.7 Å². The number of pyridine rings is 1. The van der Waals surface area contributed by atoms with Crippen molar-refractivity contribution >= 4 is 11.7 Å². The lowest BCUT2D eigenvalue weighted by Gasteiger charge is -2.24. The van der Waals surface area contributed by atoms with E-state index in [1.165, 1.54) is 0 Å². The van der Waals surface area contributed by atoms with Crippen LogP contribution >= 0.6 is 0 Å². The van der Waals surface area contributed by atoms with Crippen molar-refractivity contribution in [2.45, 2.75) is 33.1 Å². The standard InChI is InChI=1S/C19H25N5O/c1-15-14-21-16(2)19(22-15)24-11-3-10-23(12-13-24)18(25)5-4-17-6-8-20-9-7-17/h6-9,14H,3-5,10-13H2,1-2H3. The van der Waals surface area contributed by atoms with E-state index in [0.29, 0.717) is 6.42 Å². The van der Waals surface area contributed by atoms with E-state index in [0.717, 1.165) is 61.8 Å². The molecule has 1 fully saturated rings. The zero-order chi connectivity index (χ0) is 17.6. The first-order chi connectivity index (χ1) is 12.1. The van der Waals surface area contributed by atoms with Gasteiger partial charge in [-0.25, -0.2) is 4.98 Å².